The Bertz CT molecular complexity index is 135. The fraction of sp³-hybridized carbons (Fsp3) is 0.857. The Labute approximate surface area is 73.4 Å². The summed E-state index contributed by atoms with van der Waals surface area (Å²) < 4.78 is 11.4. The molecule has 1 atom stereocenters. The van der Waals surface area contributed by atoms with Crippen LogP contribution in [0.4, 0.5) is 4.48 Å². The van der Waals surface area contributed by atoms with Crippen LogP contribution >= 0.6 is 0 Å². The lowest BCUT2D eigenvalue weighted by molar-refractivity contribution is -0.113. The molecule has 0 aliphatic heterocycles. The maximum atomic E-state index is 11.4. The van der Waals surface area contributed by atoms with Crippen molar-refractivity contribution in [3.8, 4) is 0 Å². The molecular formula is C7H14BFN2O. The van der Waals surface area contributed by atoms with Gasteiger partial charge in [0.25, 0.3) is 0 Å². The van der Waals surface area contributed by atoms with Crippen LogP contribution in [0.1, 0.15) is 19.3 Å². The van der Waals surface area contributed by atoms with Gasteiger partial charge in [0.05, 0.1) is 11.7 Å². The van der Waals surface area contributed by atoms with Gasteiger partial charge in [0.1, 0.15) is 0 Å². The highest BCUT2D eigenvalue weighted by Gasteiger charge is 2.09. The minimum absolute atomic E-state index is 0.287. The Morgan fingerprint density at radius 3 is 2.67 bits per heavy atom. The maximum Gasteiger partial charge on any atom is 0.170 e. The summed E-state index contributed by atoms with van der Waals surface area (Å²) in [7, 11) is 6.75. The molecule has 2 N–H and O–H groups in total. The molecule has 2 radical (unpaired) electrons. The van der Waals surface area contributed by atoms with E-state index in [0.29, 0.717) is 19.4 Å². The van der Waals surface area contributed by atoms with E-state index < -0.39 is 0 Å². The Kier molecular flexibility index (Phi) is 7.00. The quantitative estimate of drug-likeness (QED) is 0.320. The second-order valence-corrected chi connectivity index (χ2v) is 2.62. The minimum atomic E-state index is -0.356. The second-order valence-electron chi connectivity index (χ2n) is 2.62. The molecule has 0 aliphatic rings. The van der Waals surface area contributed by atoms with Crippen LogP contribution in [0.5, 0.6) is 0 Å². The largest absolute Gasteiger partial charge is 0.311 e. The van der Waals surface area contributed by atoms with Gasteiger partial charge in [-0.2, -0.15) is 5.54 Å². The number of hydrogen-bond acceptors (Lipinski definition) is 3. The first-order valence-electron chi connectivity index (χ1n) is 4.02. The zero-order valence-electron chi connectivity index (χ0n) is 7.27. The first-order chi connectivity index (χ1) is 5.72. The molecular weight excluding hydrogens is 158 g/mol. The van der Waals surface area contributed by atoms with Crippen LogP contribution in [0.15, 0.2) is 0 Å². The molecule has 0 bridgehead atoms. The second kappa shape index (κ2) is 7.25. The van der Waals surface area contributed by atoms with Crippen molar-refractivity contribution < 1.29 is 9.28 Å². The summed E-state index contributed by atoms with van der Waals surface area (Å²) in [5, 5.41) is 2.79. The summed E-state index contributed by atoms with van der Waals surface area (Å²) in [4.78, 5) is 10.7. The van der Waals surface area contributed by atoms with E-state index in [1.807, 2.05) is 0 Å². The van der Waals surface area contributed by atoms with Crippen molar-refractivity contribution in [2.24, 2.45) is 0 Å². The van der Waals surface area contributed by atoms with E-state index >= 15 is 0 Å². The summed E-state index contributed by atoms with van der Waals surface area (Å²) in [5.74, 6) is 0. The highest BCUT2D eigenvalue weighted by molar-refractivity contribution is 6.59. The van der Waals surface area contributed by atoms with E-state index in [-0.39, 0.29) is 11.7 Å². The minimum Gasteiger partial charge on any atom is -0.311 e. The van der Waals surface area contributed by atoms with E-state index in [0.717, 1.165) is 6.42 Å². The van der Waals surface area contributed by atoms with E-state index in [1.54, 1.807) is 12.6 Å². The molecule has 0 fully saturated rings. The summed E-state index contributed by atoms with van der Waals surface area (Å²) in [6, 6.07) is -0.287. The first kappa shape index (κ1) is 11.6. The summed E-state index contributed by atoms with van der Waals surface area (Å²) >= 11 is 0. The lowest BCUT2D eigenvalue weighted by atomic mass is 9.92. The fourth-order valence-corrected chi connectivity index (χ4v) is 0.969. The van der Waals surface area contributed by atoms with Crippen molar-refractivity contribution >= 4 is 13.5 Å². The monoisotopic (exact) mass is 172 g/mol. The SMILES string of the molecule is [B]C(=O)[C@H](CCCCNF)NC. The normalized spacial score (nSPS) is 12.8. The molecule has 3 nitrogen and oxygen atoms in total. The smallest absolute Gasteiger partial charge is 0.170 e. The van der Waals surface area contributed by atoms with Crippen LogP contribution in [0, 0.1) is 0 Å². The molecule has 0 aliphatic carbocycles. The molecule has 0 amide bonds. The number of rotatable bonds is 7. The van der Waals surface area contributed by atoms with Gasteiger partial charge in [0.15, 0.2) is 7.85 Å². The van der Waals surface area contributed by atoms with Gasteiger partial charge in [-0.1, -0.05) is 6.42 Å². The standard InChI is InChI=1S/C7H14BFN2O/c1-10-6(7(8)12)4-2-3-5-11-9/h6,10-11H,2-5H2,1H3/t6-/m0/s1. The van der Waals surface area contributed by atoms with Crippen molar-refractivity contribution in [3.05, 3.63) is 0 Å². The van der Waals surface area contributed by atoms with Gasteiger partial charge in [-0.3, -0.25) is 0 Å². The maximum absolute atomic E-state index is 11.4. The van der Waals surface area contributed by atoms with E-state index in [4.69, 9.17) is 7.85 Å². The number of carbonyl (C=O) groups is 1. The average molecular weight is 172 g/mol. The highest BCUT2D eigenvalue weighted by atomic mass is 19.2. The van der Waals surface area contributed by atoms with E-state index in [9.17, 15) is 9.28 Å². The lowest BCUT2D eigenvalue weighted by Gasteiger charge is -2.11. The first-order valence-corrected chi connectivity index (χ1v) is 4.02. The van der Waals surface area contributed by atoms with E-state index in [1.165, 1.54) is 0 Å². The number of nitrogens with one attached hydrogen (secondary N) is 2. The molecule has 0 aromatic heterocycles. The average Bonchev–Trinajstić information content (AvgIpc) is 2.04. The van der Waals surface area contributed by atoms with Crippen LogP contribution in [0.3, 0.4) is 0 Å². The predicted molar refractivity (Wildman–Crippen MR) is 46.6 cm³/mol. The third-order valence-corrected chi connectivity index (χ3v) is 1.71. The molecule has 0 unspecified atom stereocenters. The third kappa shape index (κ3) is 5.26. The van der Waals surface area contributed by atoms with Crippen LogP contribution in [-0.4, -0.2) is 33.2 Å². The van der Waals surface area contributed by atoms with Gasteiger partial charge in [-0.05, 0) is 19.9 Å². The van der Waals surface area contributed by atoms with Crippen LogP contribution < -0.4 is 10.9 Å². The van der Waals surface area contributed by atoms with Crippen molar-refractivity contribution in [1.29, 1.82) is 0 Å². The van der Waals surface area contributed by atoms with Gasteiger partial charge in [0, 0.05) is 6.54 Å². The number of unbranched alkanes of at least 4 members (excludes halogenated alkanes) is 1. The number of likely N-dealkylation sites (N-methyl/N-ethyl adjacent to an activating group) is 1. The van der Waals surface area contributed by atoms with Crippen molar-refractivity contribution in [3.63, 3.8) is 0 Å². The number of carbonyl (C=O) groups excluding carboxylic acids is 1. The van der Waals surface area contributed by atoms with Gasteiger partial charge >= 0.3 is 0 Å². The van der Waals surface area contributed by atoms with E-state index in [2.05, 4.69) is 5.32 Å². The Morgan fingerprint density at radius 2 is 2.25 bits per heavy atom. The molecule has 12 heavy (non-hydrogen) atoms. The molecule has 0 aromatic carbocycles. The van der Waals surface area contributed by atoms with Crippen molar-refractivity contribution in [1.82, 2.24) is 10.9 Å². The molecule has 0 saturated heterocycles. The highest BCUT2D eigenvalue weighted by Crippen LogP contribution is 1.99. The van der Waals surface area contributed by atoms with Gasteiger partial charge < -0.3 is 10.1 Å². The van der Waals surface area contributed by atoms with Gasteiger partial charge in [-0.25, -0.2) is 0 Å². The van der Waals surface area contributed by atoms with Crippen LogP contribution in [0.2, 0.25) is 0 Å². The van der Waals surface area contributed by atoms with Crippen LogP contribution in [-0.2, 0) is 4.79 Å². The summed E-state index contributed by atoms with van der Waals surface area (Å²) in [5.41, 5.74) is 1.20. The number of halogens is 1. The fourth-order valence-electron chi connectivity index (χ4n) is 0.969. The molecule has 68 valence electrons. The van der Waals surface area contributed by atoms with Gasteiger partial charge in [-0.15, -0.1) is 4.48 Å². The number of hydrogen-bond donors (Lipinski definition) is 2. The van der Waals surface area contributed by atoms with Crippen molar-refractivity contribution in [2.75, 3.05) is 13.6 Å². The predicted octanol–water partition coefficient (Wildman–Crippen LogP) is -0.0861. The van der Waals surface area contributed by atoms with Crippen LogP contribution in [0.25, 0.3) is 0 Å². The molecule has 0 saturated carbocycles. The zero-order chi connectivity index (χ0) is 9.40. The Morgan fingerprint density at radius 1 is 1.58 bits per heavy atom. The summed E-state index contributed by atoms with van der Waals surface area (Å²) in [6.45, 7) is 0.329. The Balaban J connectivity index is 3.38. The lowest BCUT2D eigenvalue weighted by Crippen LogP contribution is -2.34. The molecule has 0 aromatic rings. The topological polar surface area (TPSA) is 41.1 Å². The molecule has 0 spiro atoms. The molecule has 0 heterocycles. The molecule has 5 heteroatoms. The Hall–Kier alpha value is -0.415. The zero-order valence-corrected chi connectivity index (χ0v) is 7.27. The van der Waals surface area contributed by atoms with Crippen molar-refractivity contribution in [2.45, 2.75) is 25.3 Å². The third-order valence-electron chi connectivity index (χ3n) is 1.71. The molecule has 0 rings (SSSR count). The van der Waals surface area contributed by atoms with Gasteiger partial charge in [0.2, 0.25) is 0 Å². The summed E-state index contributed by atoms with van der Waals surface area (Å²) in [6.07, 6.45) is 2.15.